The molecule has 0 radical (unpaired) electrons. The van der Waals surface area contributed by atoms with Gasteiger partial charge in [0.2, 0.25) is 0 Å². The largest absolute Gasteiger partial charge is 0.484 e. The number of hydrazone groups is 1. The molecular formula is C16H19N5O4. The van der Waals surface area contributed by atoms with Gasteiger partial charge in [-0.3, -0.25) is 10.0 Å². The van der Waals surface area contributed by atoms with Gasteiger partial charge in [0.05, 0.1) is 18.0 Å². The van der Waals surface area contributed by atoms with Crippen LogP contribution < -0.4 is 16.3 Å². The Morgan fingerprint density at radius 2 is 1.84 bits per heavy atom. The van der Waals surface area contributed by atoms with Gasteiger partial charge in [-0.1, -0.05) is 42.5 Å². The highest BCUT2D eigenvalue weighted by Crippen LogP contribution is 2.13. The summed E-state index contributed by atoms with van der Waals surface area (Å²) in [5.74, 6) is 0.0856. The summed E-state index contributed by atoms with van der Waals surface area (Å²) in [6.45, 7) is -0.216. The van der Waals surface area contributed by atoms with Gasteiger partial charge in [0.1, 0.15) is 5.75 Å². The summed E-state index contributed by atoms with van der Waals surface area (Å²) >= 11 is 0. The number of hydroxylamine groups is 1. The number of hydrogen-bond donors (Lipinski definition) is 3. The summed E-state index contributed by atoms with van der Waals surface area (Å²) in [5, 5.41) is 15.5. The van der Waals surface area contributed by atoms with E-state index < -0.39 is 5.91 Å². The molecule has 1 amide bonds. The predicted molar refractivity (Wildman–Crippen MR) is 92.3 cm³/mol. The molecule has 0 fully saturated rings. The van der Waals surface area contributed by atoms with Crippen molar-refractivity contribution in [1.29, 1.82) is 0 Å². The van der Waals surface area contributed by atoms with Crippen LogP contribution in [0.1, 0.15) is 11.1 Å². The first-order valence-electron chi connectivity index (χ1n) is 7.06. The van der Waals surface area contributed by atoms with E-state index in [1.807, 2.05) is 30.3 Å². The number of carbonyl (C=O) groups is 1. The van der Waals surface area contributed by atoms with Crippen LogP contribution in [0.5, 0.6) is 5.75 Å². The summed E-state index contributed by atoms with van der Waals surface area (Å²) in [4.78, 5) is 21.7. The SMILES string of the molecule is N.O=NN(O)Cc1ccc(OCC(=O)N/N=C/c2ccccc2)cc1. The van der Waals surface area contributed by atoms with E-state index in [4.69, 9.17) is 9.94 Å². The average Bonchev–Trinajstić information content (AvgIpc) is 2.62. The third-order valence-electron chi connectivity index (χ3n) is 2.91. The molecule has 0 atom stereocenters. The molecule has 0 heterocycles. The molecule has 0 aromatic heterocycles. The zero-order chi connectivity index (χ0) is 17.2. The van der Waals surface area contributed by atoms with Crippen LogP contribution in [0.4, 0.5) is 0 Å². The second-order valence-corrected chi connectivity index (χ2v) is 4.75. The predicted octanol–water partition coefficient (Wildman–Crippen LogP) is 2.25. The van der Waals surface area contributed by atoms with E-state index in [-0.39, 0.29) is 24.5 Å². The molecule has 25 heavy (non-hydrogen) atoms. The Balaban J connectivity index is 0.00000312. The fourth-order valence-corrected chi connectivity index (χ4v) is 1.78. The van der Waals surface area contributed by atoms with Crippen molar-refractivity contribution in [3.05, 3.63) is 70.6 Å². The van der Waals surface area contributed by atoms with Gasteiger partial charge in [0, 0.05) is 0 Å². The number of nitroso groups, excluding NO2 is 1. The average molecular weight is 345 g/mol. The highest BCUT2D eigenvalue weighted by molar-refractivity contribution is 5.82. The Morgan fingerprint density at radius 1 is 1.16 bits per heavy atom. The molecule has 2 aromatic carbocycles. The van der Waals surface area contributed by atoms with E-state index in [1.54, 1.807) is 24.3 Å². The molecule has 5 N–H and O–H groups in total. The van der Waals surface area contributed by atoms with Crippen molar-refractivity contribution in [3.8, 4) is 5.75 Å². The number of hydrogen-bond acceptors (Lipinski definition) is 7. The number of rotatable bonds is 8. The number of nitrogens with zero attached hydrogens (tertiary/aromatic N) is 3. The maximum atomic E-state index is 11.6. The van der Waals surface area contributed by atoms with Crippen molar-refractivity contribution in [2.24, 2.45) is 10.4 Å². The summed E-state index contributed by atoms with van der Waals surface area (Å²) in [6.07, 6.45) is 1.54. The van der Waals surface area contributed by atoms with Gasteiger partial charge in [-0.25, -0.2) is 5.43 Å². The van der Waals surface area contributed by atoms with Crippen LogP contribution in [0.3, 0.4) is 0 Å². The minimum Gasteiger partial charge on any atom is -0.484 e. The lowest BCUT2D eigenvalue weighted by atomic mass is 10.2. The first-order chi connectivity index (χ1) is 11.7. The first-order valence-corrected chi connectivity index (χ1v) is 7.06. The van der Waals surface area contributed by atoms with E-state index in [0.717, 1.165) is 5.56 Å². The number of carbonyl (C=O) groups excluding carboxylic acids is 1. The number of benzene rings is 2. The van der Waals surface area contributed by atoms with Crippen molar-refractivity contribution in [2.45, 2.75) is 6.54 Å². The Morgan fingerprint density at radius 3 is 2.48 bits per heavy atom. The molecule has 2 aromatic rings. The van der Waals surface area contributed by atoms with Gasteiger partial charge in [0.15, 0.2) is 6.61 Å². The van der Waals surface area contributed by atoms with E-state index in [0.29, 0.717) is 11.3 Å². The highest BCUT2D eigenvalue weighted by Gasteiger charge is 2.03. The van der Waals surface area contributed by atoms with E-state index in [9.17, 15) is 9.70 Å². The molecule has 0 saturated heterocycles. The molecule has 9 nitrogen and oxygen atoms in total. The van der Waals surface area contributed by atoms with E-state index in [1.165, 1.54) is 6.21 Å². The minimum absolute atomic E-state index is 0. The topological polar surface area (TPSA) is 139 Å². The van der Waals surface area contributed by atoms with E-state index >= 15 is 0 Å². The quantitative estimate of drug-likeness (QED) is 0.381. The molecule has 0 aliphatic heterocycles. The summed E-state index contributed by atoms with van der Waals surface area (Å²) < 4.78 is 5.31. The molecule has 0 aliphatic carbocycles. The zero-order valence-electron chi connectivity index (χ0n) is 13.4. The number of ether oxygens (including phenoxy) is 1. The van der Waals surface area contributed by atoms with Gasteiger partial charge in [-0.15, -0.1) is 10.1 Å². The molecule has 0 bridgehead atoms. The Kier molecular flexibility index (Phi) is 8.27. The fourth-order valence-electron chi connectivity index (χ4n) is 1.78. The summed E-state index contributed by atoms with van der Waals surface area (Å²) in [6, 6.07) is 15.9. The molecular weight excluding hydrogens is 326 g/mol. The first kappa shape index (κ1) is 19.7. The van der Waals surface area contributed by atoms with Gasteiger partial charge in [-0.05, 0) is 23.3 Å². The third kappa shape index (κ3) is 7.20. The van der Waals surface area contributed by atoms with Crippen molar-refractivity contribution >= 4 is 12.1 Å². The Hall–Kier alpha value is -3.30. The van der Waals surface area contributed by atoms with E-state index in [2.05, 4.69) is 15.8 Å². The van der Waals surface area contributed by atoms with Crippen molar-refractivity contribution in [3.63, 3.8) is 0 Å². The molecule has 0 aliphatic rings. The summed E-state index contributed by atoms with van der Waals surface area (Å²) in [5.41, 5.74) is 3.91. The maximum absolute atomic E-state index is 11.6. The van der Waals surface area contributed by atoms with Crippen LogP contribution in [-0.2, 0) is 11.3 Å². The van der Waals surface area contributed by atoms with Crippen LogP contribution >= 0.6 is 0 Å². The van der Waals surface area contributed by atoms with Gasteiger partial charge >= 0.3 is 0 Å². The lowest BCUT2D eigenvalue weighted by molar-refractivity contribution is -0.123. The normalized spacial score (nSPS) is 9.96. The smallest absolute Gasteiger partial charge is 0.277 e. The number of nitrogens with one attached hydrogen (secondary N) is 1. The molecule has 0 unspecified atom stereocenters. The Labute approximate surface area is 144 Å². The second-order valence-electron chi connectivity index (χ2n) is 4.75. The van der Waals surface area contributed by atoms with Crippen LogP contribution in [0.25, 0.3) is 0 Å². The van der Waals surface area contributed by atoms with Gasteiger partial charge in [-0.2, -0.15) is 5.10 Å². The molecule has 0 saturated carbocycles. The molecule has 0 spiro atoms. The number of amides is 1. The molecule has 2 rings (SSSR count). The lowest BCUT2D eigenvalue weighted by Crippen LogP contribution is -2.24. The Bertz CT molecular complexity index is 691. The standard InChI is InChI=1S/C16H16N4O4.H3N/c21-16(18-17-10-13-4-2-1-3-5-13)12-24-15-8-6-14(7-9-15)11-20(23)19-22;/h1-10,23H,11-12H2,(H,18,21);1H3/b17-10+;. The fraction of sp³-hybridized carbons (Fsp3) is 0.125. The van der Waals surface area contributed by atoms with Crippen LogP contribution in [0.15, 0.2) is 65.0 Å². The minimum atomic E-state index is -0.391. The van der Waals surface area contributed by atoms with Gasteiger partial charge < -0.3 is 10.9 Å². The third-order valence-corrected chi connectivity index (χ3v) is 2.91. The summed E-state index contributed by atoms with van der Waals surface area (Å²) in [7, 11) is 0. The lowest BCUT2D eigenvalue weighted by Gasteiger charge is -2.08. The van der Waals surface area contributed by atoms with Crippen LogP contribution in [0.2, 0.25) is 0 Å². The molecule has 132 valence electrons. The van der Waals surface area contributed by atoms with Crippen LogP contribution in [0, 0.1) is 4.91 Å². The molecule has 9 heteroatoms. The van der Waals surface area contributed by atoms with Crippen molar-refractivity contribution in [1.82, 2.24) is 16.7 Å². The van der Waals surface area contributed by atoms with Crippen LogP contribution in [-0.4, -0.2) is 29.1 Å². The van der Waals surface area contributed by atoms with Gasteiger partial charge in [0.25, 0.3) is 5.91 Å². The maximum Gasteiger partial charge on any atom is 0.277 e. The monoisotopic (exact) mass is 345 g/mol. The van der Waals surface area contributed by atoms with Crippen molar-refractivity contribution in [2.75, 3.05) is 6.61 Å². The zero-order valence-corrected chi connectivity index (χ0v) is 13.4. The van der Waals surface area contributed by atoms with Crippen molar-refractivity contribution < 1.29 is 14.7 Å². The highest BCUT2D eigenvalue weighted by atomic mass is 16.6. The second kappa shape index (κ2) is 10.5.